The zero-order valence-corrected chi connectivity index (χ0v) is 9.88. The maximum atomic E-state index is 5.72. The zero-order chi connectivity index (χ0) is 10.4. The first-order valence-electron chi connectivity index (χ1n) is 6.07. The Morgan fingerprint density at radius 3 is 2.86 bits per heavy atom. The van der Waals surface area contributed by atoms with Crippen molar-refractivity contribution in [3.8, 4) is 0 Å². The minimum absolute atomic E-state index is 0.512. The molecular formula is C12H25NO. The molecule has 1 heterocycles. The van der Waals surface area contributed by atoms with Gasteiger partial charge in [0.2, 0.25) is 0 Å². The molecule has 0 amide bonds. The Morgan fingerprint density at radius 2 is 2.21 bits per heavy atom. The van der Waals surface area contributed by atoms with Crippen molar-refractivity contribution in [2.75, 3.05) is 13.2 Å². The van der Waals surface area contributed by atoms with Gasteiger partial charge in [0.05, 0.1) is 6.10 Å². The van der Waals surface area contributed by atoms with Crippen LogP contribution in [0.3, 0.4) is 0 Å². The molecule has 2 heteroatoms. The van der Waals surface area contributed by atoms with Gasteiger partial charge in [0, 0.05) is 12.6 Å². The van der Waals surface area contributed by atoms with Crippen LogP contribution < -0.4 is 5.32 Å². The van der Waals surface area contributed by atoms with Gasteiger partial charge in [-0.3, -0.25) is 0 Å². The molecule has 0 aliphatic carbocycles. The van der Waals surface area contributed by atoms with Crippen LogP contribution in [0, 0.1) is 5.92 Å². The third-order valence-corrected chi connectivity index (χ3v) is 2.79. The van der Waals surface area contributed by atoms with E-state index in [-0.39, 0.29) is 0 Å². The molecule has 0 bridgehead atoms. The third-order valence-electron chi connectivity index (χ3n) is 2.79. The third kappa shape index (κ3) is 4.43. The van der Waals surface area contributed by atoms with E-state index in [0.29, 0.717) is 12.1 Å². The van der Waals surface area contributed by atoms with Crippen LogP contribution in [0.5, 0.6) is 0 Å². The second-order valence-electron chi connectivity index (χ2n) is 4.80. The Hall–Kier alpha value is -0.0800. The lowest BCUT2D eigenvalue weighted by Crippen LogP contribution is -2.40. The lowest BCUT2D eigenvalue weighted by atomic mass is 9.99. The normalized spacial score (nSPS) is 28.3. The maximum absolute atomic E-state index is 5.72. The SMILES string of the molecule is CCCC1CC(NCC(C)C)CCO1. The van der Waals surface area contributed by atoms with E-state index in [4.69, 9.17) is 4.74 Å². The molecule has 1 rings (SSSR count). The molecule has 1 aliphatic heterocycles. The van der Waals surface area contributed by atoms with Crippen molar-refractivity contribution in [2.45, 2.75) is 58.6 Å². The first-order chi connectivity index (χ1) is 6.72. The van der Waals surface area contributed by atoms with Crippen molar-refractivity contribution in [3.63, 3.8) is 0 Å². The summed E-state index contributed by atoms with van der Waals surface area (Å²) in [5.74, 6) is 0.752. The summed E-state index contributed by atoms with van der Waals surface area (Å²) in [6.45, 7) is 8.84. The predicted molar refractivity (Wildman–Crippen MR) is 60.5 cm³/mol. The van der Waals surface area contributed by atoms with Crippen molar-refractivity contribution >= 4 is 0 Å². The average molecular weight is 199 g/mol. The van der Waals surface area contributed by atoms with Gasteiger partial charge in [-0.2, -0.15) is 0 Å². The van der Waals surface area contributed by atoms with Crippen LogP contribution in [0.2, 0.25) is 0 Å². The first-order valence-corrected chi connectivity index (χ1v) is 6.07. The van der Waals surface area contributed by atoms with E-state index < -0.39 is 0 Å². The second kappa shape index (κ2) is 6.41. The van der Waals surface area contributed by atoms with Gasteiger partial charge in [-0.05, 0) is 31.7 Å². The fourth-order valence-corrected chi connectivity index (χ4v) is 1.99. The lowest BCUT2D eigenvalue weighted by molar-refractivity contribution is -0.00350. The van der Waals surface area contributed by atoms with Gasteiger partial charge in [-0.15, -0.1) is 0 Å². The fourth-order valence-electron chi connectivity index (χ4n) is 1.99. The summed E-state index contributed by atoms with van der Waals surface area (Å²) in [7, 11) is 0. The van der Waals surface area contributed by atoms with Gasteiger partial charge >= 0.3 is 0 Å². The Kier molecular flexibility index (Phi) is 5.49. The number of rotatable bonds is 5. The highest BCUT2D eigenvalue weighted by Gasteiger charge is 2.21. The van der Waals surface area contributed by atoms with E-state index in [1.807, 2.05) is 0 Å². The number of hydrogen-bond acceptors (Lipinski definition) is 2. The smallest absolute Gasteiger partial charge is 0.0589 e. The number of nitrogens with one attached hydrogen (secondary N) is 1. The Labute approximate surface area is 88.4 Å². The van der Waals surface area contributed by atoms with Crippen molar-refractivity contribution in [1.29, 1.82) is 0 Å². The van der Waals surface area contributed by atoms with E-state index in [9.17, 15) is 0 Å². The van der Waals surface area contributed by atoms with Gasteiger partial charge < -0.3 is 10.1 Å². The number of ether oxygens (including phenoxy) is 1. The minimum atomic E-state index is 0.512. The standard InChI is InChI=1S/C12H25NO/c1-4-5-12-8-11(6-7-14-12)13-9-10(2)3/h10-13H,4-9H2,1-3H3. The van der Waals surface area contributed by atoms with Gasteiger partial charge in [0.1, 0.15) is 0 Å². The zero-order valence-electron chi connectivity index (χ0n) is 9.88. The summed E-state index contributed by atoms with van der Waals surface area (Å²) in [5.41, 5.74) is 0. The summed E-state index contributed by atoms with van der Waals surface area (Å²) in [5, 5.41) is 3.63. The summed E-state index contributed by atoms with van der Waals surface area (Å²) in [6, 6.07) is 0.697. The van der Waals surface area contributed by atoms with Crippen molar-refractivity contribution in [2.24, 2.45) is 5.92 Å². The number of hydrogen-bond donors (Lipinski definition) is 1. The molecule has 0 aromatic carbocycles. The summed E-state index contributed by atoms with van der Waals surface area (Å²) in [4.78, 5) is 0. The van der Waals surface area contributed by atoms with Crippen molar-refractivity contribution in [1.82, 2.24) is 5.32 Å². The van der Waals surface area contributed by atoms with Gasteiger partial charge in [-0.1, -0.05) is 27.2 Å². The molecule has 1 N–H and O–H groups in total. The highest BCUT2D eigenvalue weighted by molar-refractivity contribution is 4.76. The van der Waals surface area contributed by atoms with Gasteiger partial charge in [-0.25, -0.2) is 0 Å². The average Bonchev–Trinajstić information content (AvgIpc) is 2.16. The van der Waals surface area contributed by atoms with Crippen LogP contribution in [0.1, 0.15) is 46.5 Å². The Bertz CT molecular complexity index is 145. The molecule has 14 heavy (non-hydrogen) atoms. The monoisotopic (exact) mass is 199 g/mol. The van der Waals surface area contributed by atoms with E-state index in [1.165, 1.54) is 25.7 Å². The quantitative estimate of drug-likeness (QED) is 0.735. The van der Waals surface area contributed by atoms with Gasteiger partial charge in [0.25, 0.3) is 0 Å². The van der Waals surface area contributed by atoms with Crippen molar-refractivity contribution in [3.05, 3.63) is 0 Å². The molecule has 1 saturated heterocycles. The molecule has 84 valence electrons. The van der Waals surface area contributed by atoms with Crippen LogP contribution >= 0.6 is 0 Å². The topological polar surface area (TPSA) is 21.3 Å². The van der Waals surface area contributed by atoms with Crippen LogP contribution in [0.25, 0.3) is 0 Å². The van der Waals surface area contributed by atoms with Crippen LogP contribution in [0.4, 0.5) is 0 Å². The van der Waals surface area contributed by atoms with E-state index in [2.05, 4.69) is 26.1 Å². The van der Waals surface area contributed by atoms with Crippen LogP contribution in [-0.2, 0) is 4.74 Å². The summed E-state index contributed by atoms with van der Waals surface area (Å²) in [6.07, 6.45) is 5.37. The summed E-state index contributed by atoms with van der Waals surface area (Å²) < 4.78 is 5.72. The largest absolute Gasteiger partial charge is 0.378 e. The van der Waals surface area contributed by atoms with Crippen LogP contribution in [-0.4, -0.2) is 25.3 Å². The molecular weight excluding hydrogens is 174 g/mol. The van der Waals surface area contributed by atoms with E-state index in [0.717, 1.165) is 19.1 Å². The van der Waals surface area contributed by atoms with E-state index in [1.54, 1.807) is 0 Å². The van der Waals surface area contributed by atoms with Crippen molar-refractivity contribution < 1.29 is 4.74 Å². The highest BCUT2D eigenvalue weighted by Crippen LogP contribution is 2.17. The molecule has 0 aromatic heterocycles. The molecule has 2 atom stereocenters. The predicted octanol–water partition coefficient (Wildman–Crippen LogP) is 2.58. The fraction of sp³-hybridized carbons (Fsp3) is 1.00. The highest BCUT2D eigenvalue weighted by atomic mass is 16.5. The Balaban J connectivity index is 2.18. The molecule has 0 aromatic rings. The molecule has 0 spiro atoms. The molecule has 2 nitrogen and oxygen atoms in total. The van der Waals surface area contributed by atoms with E-state index >= 15 is 0 Å². The molecule has 1 aliphatic rings. The Morgan fingerprint density at radius 1 is 1.43 bits per heavy atom. The molecule has 0 radical (unpaired) electrons. The second-order valence-corrected chi connectivity index (χ2v) is 4.80. The molecule has 0 saturated carbocycles. The molecule has 2 unspecified atom stereocenters. The lowest BCUT2D eigenvalue weighted by Gasteiger charge is -2.30. The first kappa shape index (κ1) is 12.0. The molecule has 1 fully saturated rings. The summed E-state index contributed by atoms with van der Waals surface area (Å²) >= 11 is 0. The van der Waals surface area contributed by atoms with Crippen LogP contribution in [0.15, 0.2) is 0 Å². The van der Waals surface area contributed by atoms with Gasteiger partial charge in [0.15, 0.2) is 0 Å². The minimum Gasteiger partial charge on any atom is -0.378 e. The maximum Gasteiger partial charge on any atom is 0.0589 e.